The minimum Gasteiger partial charge on any atom is -0.457 e. The number of aliphatic hydroxyl groups is 1. The highest BCUT2D eigenvalue weighted by Gasteiger charge is 2.30. The molecule has 0 aromatic carbocycles. The SMILES string of the molecule is C/C=C/[C@H](O)CC1=CC(=O)OC(C)(C)O1. The van der Waals surface area contributed by atoms with E-state index in [2.05, 4.69) is 0 Å². The maximum atomic E-state index is 11.2. The summed E-state index contributed by atoms with van der Waals surface area (Å²) in [6.45, 7) is 5.12. The maximum Gasteiger partial charge on any atom is 0.337 e. The summed E-state index contributed by atoms with van der Waals surface area (Å²) < 4.78 is 10.3. The predicted molar refractivity (Wildman–Crippen MR) is 54.8 cm³/mol. The molecule has 0 aromatic heterocycles. The molecule has 0 aromatic rings. The van der Waals surface area contributed by atoms with Gasteiger partial charge in [0.25, 0.3) is 0 Å². The Balaban J connectivity index is 2.66. The Morgan fingerprint density at radius 1 is 1.53 bits per heavy atom. The van der Waals surface area contributed by atoms with Gasteiger partial charge in [0.2, 0.25) is 5.79 Å². The summed E-state index contributed by atoms with van der Waals surface area (Å²) in [4.78, 5) is 11.2. The molecule has 15 heavy (non-hydrogen) atoms. The Morgan fingerprint density at radius 2 is 2.20 bits per heavy atom. The molecule has 0 radical (unpaired) electrons. The quantitative estimate of drug-likeness (QED) is 0.569. The smallest absolute Gasteiger partial charge is 0.337 e. The van der Waals surface area contributed by atoms with E-state index in [1.165, 1.54) is 6.08 Å². The van der Waals surface area contributed by atoms with E-state index >= 15 is 0 Å². The van der Waals surface area contributed by atoms with Crippen LogP contribution in [0.1, 0.15) is 27.2 Å². The van der Waals surface area contributed by atoms with Crippen molar-refractivity contribution in [3.63, 3.8) is 0 Å². The van der Waals surface area contributed by atoms with Gasteiger partial charge in [0.15, 0.2) is 0 Å². The number of esters is 1. The van der Waals surface area contributed by atoms with Crippen LogP contribution in [-0.2, 0) is 14.3 Å². The topological polar surface area (TPSA) is 55.8 Å². The number of hydrogen-bond acceptors (Lipinski definition) is 4. The first-order valence-electron chi connectivity index (χ1n) is 4.86. The number of aliphatic hydroxyl groups excluding tert-OH is 1. The second-order valence-electron chi connectivity index (χ2n) is 3.83. The van der Waals surface area contributed by atoms with Gasteiger partial charge < -0.3 is 14.6 Å². The van der Waals surface area contributed by atoms with Gasteiger partial charge in [0.05, 0.1) is 12.2 Å². The lowest BCUT2D eigenvalue weighted by Crippen LogP contribution is -2.34. The zero-order chi connectivity index (χ0) is 11.5. The molecule has 0 fully saturated rings. The fourth-order valence-corrected chi connectivity index (χ4v) is 1.37. The van der Waals surface area contributed by atoms with Crippen LogP contribution in [0, 0.1) is 0 Å². The van der Waals surface area contributed by atoms with E-state index in [-0.39, 0.29) is 6.42 Å². The molecule has 1 N–H and O–H groups in total. The molecule has 1 heterocycles. The summed E-state index contributed by atoms with van der Waals surface area (Å²) in [5.74, 6) is -0.938. The monoisotopic (exact) mass is 212 g/mol. The summed E-state index contributed by atoms with van der Waals surface area (Å²) in [5, 5.41) is 9.50. The Bertz CT molecular complexity index is 302. The summed E-state index contributed by atoms with van der Waals surface area (Å²) in [6, 6.07) is 0. The fraction of sp³-hybridized carbons (Fsp3) is 0.545. The lowest BCUT2D eigenvalue weighted by Gasteiger charge is -2.31. The molecule has 0 saturated heterocycles. The van der Waals surface area contributed by atoms with Crippen molar-refractivity contribution in [1.82, 2.24) is 0 Å². The van der Waals surface area contributed by atoms with Crippen LogP contribution in [0.25, 0.3) is 0 Å². The summed E-state index contributed by atoms with van der Waals surface area (Å²) in [5.41, 5.74) is 0. The highest BCUT2D eigenvalue weighted by atomic mass is 16.7. The minimum atomic E-state index is -0.948. The van der Waals surface area contributed by atoms with Crippen molar-refractivity contribution in [3.8, 4) is 0 Å². The van der Waals surface area contributed by atoms with Gasteiger partial charge in [-0.1, -0.05) is 12.2 Å². The average molecular weight is 212 g/mol. The van der Waals surface area contributed by atoms with E-state index in [4.69, 9.17) is 9.47 Å². The summed E-state index contributed by atoms with van der Waals surface area (Å²) in [6.07, 6.45) is 4.29. The van der Waals surface area contributed by atoms with Crippen molar-refractivity contribution in [1.29, 1.82) is 0 Å². The van der Waals surface area contributed by atoms with E-state index in [1.807, 2.05) is 6.92 Å². The standard InChI is InChI=1S/C11H16O4/c1-4-5-8(12)6-9-7-10(13)15-11(2,3)14-9/h4-5,7-8,12H,6H2,1-3H3/b5-4+/t8-/m0/s1. The van der Waals surface area contributed by atoms with Crippen molar-refractivity contribution in [2.45, 2.75) is 39.1 Å². The van der Waals surface area contributed by atoms with E-state index in [0.29, 0.717) is 5.76 Å². The number of hydrogen-bond donors (Lipinski definition) is 1. The lowest BCUT2D eigenvalue weighted by atomic mass is 10.2. The van der Waals surface area contributed by atoms with Gasteiger partial charge in [-0.05, 0) is 6.92 Å². The normalized spacial score (nSPS) is 21.9. The Hall–Kier alpha value is -1.29. The minimum absolute atomic E-state index is 0.281. The third kappa shape index (κ3) is 3.75. The Kier molecular flexibility index (Phi) is 3.52. The number of carbonyl (C=O) groups excluding carboxylic acids is 1. The zero-order valence-electron chi connectivity index (χ0n) is 9.19. The maximum absolute atomic E-state index is 11.2. The number of ether oxygens (including phenoxy) is 2. The number of allylic oxidation sites excluding steroid dienone is 1. The summed E-state index contributed by atoms with van der Waals surface area (Å²) >= 11 is 0. The molecule has 4 heteroatoms. The molecule has 84 valence electrons. The van der Waals surface area contributed by atoms with Crippen LogP contribution in [-0.4, -0.2) is 23.0 Å². The highest BCUT2D eigenvalue weighted by Crippen LogP contribution is 2.24. The molecule has 1 atom stereocenters. The molecule has 0 spiro atoms. The number of rotatable bonds is 3. The molecular formula is C11H16O4. The number of cyclic esters (lactones) is 1. The van der Waals surface area contributed by atoms with Crippen LogP contribution in [0.2, 0.25) is 0 Å². The van der Waals surface area contributed by atoms with Crippen molar-refractivity contribution in [3.05, 3.63) is 24.0 Å². The number of carbonyl (C=O) groups is 1. The van der Waals surface area contributed by atoms with Gasteiger partial charge in [-0.3, -0.25) is 0 Å². The molecule has 0 amide bonds. The van der Waals surface area contributed by atoms with Gasteiger partial charge in [-0.2, -0.15) is 0 Å². The summed E-state index contributed by atoms with van der Waals surface area (Å²) in [7, 11) is 0. The molecule has 0 saturated carbocycles. The van der Waals surface area contributed by atoms with Gasteiger partial charge >= 0.3 is 5.97 Å². The molecule has 0 bridgehead atoms. The third-order valence-electron chi connectivity index (χ3n) is 1.83. The fourth-order valence-electron chi connectivity index (χ4n) is 1.37. The van der Waals surface area contributed by atoms with E-state index in [9.17, 15) is 9.90 Å². The first-order valence-corrected chi connectivity index (χ1v) is 4.86. The van der Waals surface area contributed by atoms with Crippen LogP contribution in [0.4, 0.5) is 0 Å². The van der Waals surface area contributed by atoms with E-state index in [1.54, 1.807) is 26.0 Å². The molecule has 0 unspecified atom stereocenters. The van der Waals surface area contributed by atoms with Crippen molar-refractivity contribution < 1.29 is 19.4 Å². The molecule has 0 aliphatic carbocycles. The van der Waals surface area contributed by atoms with Crippen molar-refractivity contribution >= 4 is 5.97 Å². The third-order valence-corrected chi connectivity index (χ3v) is 1.83. The molecule has 1 rings (SSSR count). The Labute approximate surface area is 89.2 Å². The largest absolute Gasteiger partial charge is 0.457 e. The second-order valence-corrected chi connectivity index (χ2v) is 3.83. The second kappa shape index (κ2) is 4.49. The van der Waals surface area contributed by atoms with Crippen LogP contribution in [0.5, 0.6) is 0 Å². The van der Waals surface area contributed by atoms with Gasteiger partial charge in [-0.15, -0.1) is 0 Å². The van der Waals surface area contributed by atoms with Gasteiger partial charge in [0, 0.05) is 20.3 Å². The van der Waals surface area contributed by atoms with Crippen molar-refractivity contribution in [2.24, 2.45) is 0 Å². The van der Waals surface area contributed by atoms with Gasteiger partial charge in [-0.25, -0.2) is 4.79 Å². The van der Waals surface area contributed by atoms with Crippen LogP contribution < -0.4 is 0 Å². The lowest BCUT2D eigenvalue weighted by molar-refractivity contribution is -0.206. The van der Waals surface area contributed by atoms with E-state index < -0.39 is 17.9 Å². The molecular weight excluding hydrogens is 196 g/mol. The van der Waals surface area contributed by atoms with Crippen LogP contribution in [0.3, 0.4) is 0 Å². The van der Waals surface area contributed by atoms with Crippen LogP contribution in [0.15, 0.2) is 24.0 Å². The first kappa shape index (κ1) is 11.8. The molecule has 4 nitrogen and oxygen atoms in total. The van der Waals surface area contributed by atoms with Gasteiger partial charge in [0.1, 0.15) is 5.76 Å². The molecule has 1 aliphatic heterocycles. The zero-order valence-corrected chi connectivity index (χ0v) is 9.19. The van der Waals surface area contributed by atoms with Crippen LogP contribution >= 0.6 is 0 Å². The van der Waals surface area contributed by atoms with Crippen molar-refractivity contribution in [2.75, 3.05) is 0 Å². The first-order chi connectivity index (χ1) is 6.93. The predicted octanol–water partition coefficient (Wildman–Crippen LogP) is 1.51. The Morgan fingerprint density at radius 3 is 2.73 bits per heavy atom. The average Bonchev–Trinajstić information content (AvgIpc) is 1.99. The highest BCUT2D eigenvalue weighted by molar-refractivity contribution is 5.83. The molecule has 1 aliphatic rings. The van der Waals surface area contributed by atoms with E-state index in [0.717, 1.165) is 0 Å².